The van der Waals surface area contributed by atoms with Crippen LogP contribution in [0, 0.1) is 0 Å². The van der Waals surface area contributed by atoms with Gasteiger partial charge in [-0.25, -0.2) is 4.98 Å². The van der Waals surface area contributed by atoms with Crippen LogP contribution in [0.3, 0.4) is 0 Å². The number of hydrogen-bond donors (Lipinski definition) is 2. The molecule has 1 aliphatic carbocycles. The second-order valence-electron chi connectivity index (χ2n) is 6.42. The number of aromatic nitrogens is 3. The van der Waals surface area contributed by atoms with Crippen molar-refractivity contribution in [2.75, 3.05) is 12.4 Å². The van der Waals surface area contributed by atoms with Gasteiger partial charge >= 0.3 is 0 Å². The van der Waals surface area contributed by atoms with Gasteiger partial charge in [-0.15, -0.1) is 0 Å². The van der Waals surface area contributed by atoms with E-state index in [0.29, 0.717) is 12.5 Å². The van der Waals surface area contributed by atoms with Crippen LogP contribution in [-0.2, 0) is 6.54 Å². The molecule has 126 valence electrons. The van der Waals surface area contributed by atoms with E-state index in [9.17, 15) is 0 Å². The van der Waals surface area contributed by atoms with Gasteiger partial charge < -0.3 is 14.5 Å². The highest BCUT2D eigenvalue weighted by Crippen LogP contribution is 2.38. The first kappa shape index (κ1) is 14.3. The van der Waals surface area contributed by atoms with Crippen LogP contribution >= 0.6 is 0 Å². The minimum atomic E-state index is 0.548. The molecular formula is C19H18N4O2. The van der Waals surface area contributed by atoms with E-state index in [1.54, 1.807) is 7.11 Å². The molecule has 2 aromatic carbocycles. The third-order valence-corrected chi connectivity index (χ3v) is 4.64. The second-order valence-corrected chi connectivity index (χ2v) is 6.42. The highest BCUT2D eigenvalue weighted by Gasteiger charge is 2.27. The highest BCUT2D eigenvalue weighted by atomic mass is 16.5. The van der Waals surface area contributed by atoms with E-state index in [1.807, 2.05) is 30.3 Å². The summed E-state index contributed by atoms with van der Waals surface area (Å²) in [5.41, 5.74) is 2.58. The average Bonchev–Trinajstić information content (AvgIpc) is 3.27. The Balaban J connectivity index is 1.47. The number of furan rings is 1. The Kier molecular flexibility index (Phi) is 3.16. The van der Waals surface area contributed by atoms with Crippen molar-refractivity contribution in [2.45, 2.75) is 25.3 Å². The van der Waals surface area contributed by atoms with E-state index < -0.39 is 0 Å². The first-order valence-electron chi connectivity index (χ1n) is 8.46. The maximum absolute atomic E-state index is 5.96. The number of nitrogens with zero attached hydrogens (tertiary/aromatic N) is 2. The van der Waals surface area contributed by atoms with Gasteiger partial charge in [-0.1, -0.05) is 18.2 Å². The molecule has 2 heterocycles. The summed E-state index contributed by atoms with van der Waals surface area (Å²) in [4.78, 5) is 4.55. The number of fused-ring (bicyclic) bond motifs is 3. The van der Waals surface area contributed by atoms with Crippen LogP contribution in [0.5, 0.6) is 5.75 Å². The Labute approximate surface area is 144 Å². The molecule has 0 aliphatic heterocycles. The molecule has 0 amide bonds. The SMILES string of the molecule is COc1cc2c(cc1NCc1nc(C3CC3)n[nH]1)oc1ccccc12. The topological polar surface area (TPSA) is 76.0 Å². The van der Waals surface area contributed by atoms with Crippen molar-refractivity contribution >= 4 is 27.6 Å². The number of nitrogens with one attached hydrogen (secondary N) is 2. The van der Waals surface area contributed by atoms with Crippen molar-refractivity contribution in [1.29, 1.82) is 0 Å². The van der Waals surface area contributed by atoms with Gasteiger partial charge in [0.15, 0.2) is 5.82 Å². The van der Waals surface area contributed by atoms with E-state index in [2.05, 4.69) is 26.6 Å². The van der Waals surface area contributed by atoms with E-state index in [-0.39, 0.29) is 0 Å². The van der Waals surface area contributed by atoms with Crippen molar-refractivity contribution in [2.24, 2.45) is 0 Å². The summed E-state index contributed by atoms with van der Waals surface area (Å²) < 4.78 is 11.5. The van der Waals surface area contributed by atoms with Gasteiger partial charge in [-0.2, -0.15) is 5.10 Å². The summed E-state index contributed by atoms with van der Waals surface area (Å²) in [5, 5.41) is 12.8. The molecule has 0 bridgehead atoms. The van der Waals surface area contributed by atoms with Gasteiger partial charge in [0, 0.05) is 22.8 Å². The van der Waals surface area contributed by atoms with Crippen LogP contribution in [0.2, 0.25) is 0 Å². The maximum atomic E-state index is 5.96. The fourth-order valence-corrected chi connectivity index (χ4v) is 3.15. The summed E-state index contributed by atoms with van der Waals surface area (Å²) in [6.07, 6.45) is 2.39. The lowest BCUT2D eigenvalue weighted by atomic mass is 10.1. The first-order chi connectivity index (χ1) is 12.3. The van der Waals surface area contributed by atoms with Crippen LogP contribution in [0.25, 0.3) is 21.9 Å². The Morgan fingerprint density at radius 3 is 2.92 bits per heavy atom. The van der Waals surface area contributed by atoms with Gasteiger partial charge in [0.2, 0.25) is 0 Å². The number of benzene rings is 2. The molecule has 0 atom stereocenters. The smallest absolute Gasteiger partial charge is 0.153 e. The van der Waals surface area contributed by atoms with Crippen molar-refractivity contribution in [3.8, 4) is 5.75 Å². The number of para-hydroxylation sites is 1. The molecule has 25 heavy (non-hydrogen) atoms. The third kappa shape index (κ3) is 2.50. The molecule has 6 nitrogen and oxygen atoms in total. The third-order valence-electron chi connectivity index (χ3n) is 4.64. The van der Waals surface area contributed by atoms with Gasteiger partial charge in [-0.3, -0.25) is 5.10 Å². The number of rotatable bonds is 5. The molecule has 1 fully saturated rings. The molecule has 2 aromatic heterocycles. The lowest BCUT2D eigenvalue weighted by Crippen LogP contribution is -2.03. The van der Waals surface area contributed by atoms with Crippen molar-refractivity contribution in [3.05, 3.63) is 48.0 Å². The van der Waals surface area contributed by atoms with E-state index in [0.717, 1.165) is 45.0 Å². The Bertz CT molecular complexity index is 1060. The Hall–Kier alpha value is -3.02. The summed E-state index contributed by atoms with van der Waals surface area (Å²) in [6, 6.07) is 12.0. The molecule has 0 radical (unpaired) electrons. The largest absolute Gasteiger partial charge is 0.495 e. The molecule has 1 aliphatic rings. The fourth-order valence-electron chi connectivity index (χ4n) is 3.15. The van der Waals surface area contributed by atoms with E-state index in [4.69, 9.17) is 9.15 Å². The van der Waals surface area contributed by atoms with Gasteiger partial charge in [0.1, 0.15) is 22.7 Å². The molecule has 0 spiro atoms. The zero-order valence-electron chi connectivity index (χ0n) is 13.9. The van der Waals surface area contributed by atoms with E-state index >= 15 is 0 Å². The molecule has 6 heteroatoms. The van der Waals surface area contributed by atoms with Gasteiger partial charge in [-0.05, 0) is 25.0 Å². The van der Waals surface area contributed by atoms with Gasteiger partial charge in [0.05, 0.1) is 19.3 Å². The van der Waals surface area contributed by atoms with Crippen LogP contribution in [-0.4, -0.2) is 22.3 Å². The van der Waals surface area contributed by atoms with Crippen molar-refractivity contribution in [3.63, 3.8) is 0 Å². The standard InChI is InChI=1S/C19H18N4O2/c1-24-17-8-13-12-4-2-3-5-15(12)25-16(13)9-14(17)20-10-18-21-19(23-22-18)11-6-7-11/h2-5,8-9,11,20H,6-7,10H2,1H3,(H,21,22,23). The molecule has 1 saturated carbocycles. The summed E-state index contributed by atoms with van der Waals surface area (Å²) >= 11 is 0. The fraction of sp³-hybridized carbons (Fsp3) is 0.263. The number of methoxy groups -OCH3 is 1. The molecule has 0 unspecified atom stereocenters. The number of aromatic amines is 1. The van der Waals surface area contributed by atoms with E-state index in [1.165, 1.54) is 12.8 Å². The quantitative estimate of drug-likeness (QED) is 0.572. The zero-order chi connectivity index (χ0) is 16.8. The number of ether oxygens (including phenoxy) is 1. The monoisotopic (exact) mass is 334 g/mol. The molecule has 5 rings (SSSR count). The zero-order valence-corrected chi connectivity index (χ0v) is 13.9. The second kappa shape index (κ2) is 5.51. The lowest BCUT2D eigenvalue weighted by molar-refractivity contribution is 0.417. The maximum Gasteiger partial charge on any atom is 0.153 e. The predicted octanol–water partition coefficient (Wildman–Crippen LogP) is 4.20. The van der Waals surface area contributed by atoms with Crippen LogP contribution < -0.4 is 10.1 Å². The minimum Gasteiger partial charge on any atom is -0.495 e. The normalized spacial score (nSPS) is 14.3. The summed E-state index contributed by atoms with van der Waals surface area (Å²) in [7, 11) is 1.67. The Morgan fingerprint density at radius 2 is 2.08 bits per heavy atom. The van der Waals surface area contributed by atoms with Crippen LogP contribution in [0.1, 0.15) is 30.4 Å². The first-order valence-corrected chi connectivity index (χ1v) is 8.46. The number of anilines is 1. The number of hydrogen-bond acceptors (Lipinski definition) is 5. The van der Waals surface area contributed by atoms with Crippen LogP contribution in [0.4, 0.5) is 5.69 Å². The molecule has 0 saturated heterocycles. The molecule has 4 aromatic rings. The minimum absolute atomic E-state index is 0.548. The molecule has 2 N–H and O–H groups in total. The predicted molar refractivity (Wildman–Crippen MR) is 96.0 cm³/mol. The number of H-pyrrole nitrogens is 1. The highest BCUT2D eigenvalue weighted by molar-refractivity contribution is 6.06. The Morgan fingerprint density at radius 1 is 1.20 bits per heavy atom. The van der Waals surface area contributed by atoms with Gasteiger partial charge in [0.25, 0.3) is 0 Å². The lowest BCUT2D eigenvalue weighted by Gasteiger charge is -2.10. The average molecular weight is 334 g/mol. The summed E-state index contributed by atoms with van der Waals surface area (Å²) in [6.45, 7) is 0.557. The summed E-state index contributed by atoms with van der Waals surface area (Å²) in [5.74, 6) is 3.08. The van der Waals surface area contributed by atoms with Crippen LogP contribution in [0.15, 0.2) is 40.8 Å². The molecular weight excluding hydrogens is 316 g/mol. The van der Waals surface area contributed by atoms with Crippen molar-refractivity contribution in [1.82, 2.24) is 15.2 Å². The van der Waals surface area contributed by atoms with Crippen molar-refractivity contribution < 1.29 is 9.15 Å².